The van der Waals surface area contributed by atoms with Gasteiger partial charge in [0.2, 0.25) is 0 Å². The summed E-state index contributed by atoms with van der Waals surface area (Å²) in [6.07, 6.45) is 1.38. The smallest absolute Gasteiger partial charge is 0.349 e. The predicted molar refractivity (Wildman–Crippen MR) is 38.3 cm³/mol. The van der Waals surface area contributed by atoms with Crippen LogP contribution in [0, 0.1) is 0 Å². The third kappa shape index (κ3) is 1.03. The number of hydrogen-bond donors (Lipinski definition) is 1. The first-order chi connectivity index (χ1) is 4.75. The summed E-state index contributed by atoms with van der Waals surface area (Å²) in [5, 5.41) is 8.47. The SMILES string of the molecule is C=Nc1cnsc1C(=O)O. The van der Waals surface area contributed by atoms with Gasteiger partial charge in [-0.2, -0.15) is 4.37 Å². The summed E-state index contributed by atoms with van der Waals surface area (Å²) in [6.45, 7) is 3.20. The van der Waals surface area contributed by atoms with E-state index in [0.717, 1.165) is 11.5 Å². The molecule has 52 valence electrons. The van der Waals surface area contributed by atoms with Crippen molar-refractivity contribution in [2.45, 2.75) is 0 Å². The van der Waals surface area contributed by atoms with Crippen molar-refractivity contribution in [1.82, 2.24) is 4.37 Å². The molecule has 0 radical (unpaired) electrons. The molecule has 0 fully saturated rings. The molecule has 0 saturated carbocycles. The van der Waals surface area contributed by atoms with Gasteiger partial charge < -0.3 is 5.11 Å². The van der Waals surface area contributed by atoms with E-state index in [1.54, 1.807) is 0 Å². The summed E-state index contributed by atoms with van der Waals surface area (Å²) in [5.74, 6) is -1.01. The number of aromatic nitrogens is 1. The highest BCUT2D eigenvalue weighted by atomic mass is 32.1. The van der Waals surface area contributed by atoms with Crippen LogP contribution in [-0.2, 0) is 0 Å². The Morgan fingerprint density at radius 1 is 1.90 bits per heavy atom. The van der Waals surface area contributed by atoms with E-state index >= 15 is 0 Å². The highest BCUT2D eigenvalue weighted by Gasteiger charge is 2.10. The summed E-state index contributed by atoms with van der Waals surface area (Å²) in [6, 6.07) is 0. The molecule has 4 nitrogen and oxygen atoms in total. The first-order valence-electron chi connectivity index (χ1n) is 2.40. The molecule has 0 aliphatic heterocycles. The molecule has 0 atom stereocenters. The lowest BCUT2D eigenvalue weighted by atomic mass is 10.4. The molecule has 0 saturated heterocycles. The summed E-state index contributed by atoms with van der Waals surface area (Å²) in [7, 11) is 0. The molecule has 0 spiro atoms. The van der Waals surface area contributed by atoms with E-state index in [2.05, 4.69) is 16.1 Å². The lowest BCUT2D eigenvalue weighted by Gasteiger charge is -1.85. The van der Waals surface area contributed by atoms with Crippen LogP contribution >= 0.6 is 11.5 Å². The van der Waals surface area contributed by atoms with E-state index in [4.69, 9.17) is 5.11 Å². The minimum absolute atomic E-state index is 0.134. The third-order valence-electron chi connectivity index (χ3n) is 0.916. The molecule has 1 N–H and O–H groups in total. The van der Waals surface area contributed by atoms with Gasteiger partial charge in [0.25, 0.3) is 0 Å². The standard InChI is InChI=1S/C5H4N2O2S/c1-6-3-2-7-10-4(3)5(8)9/h2H,1H2,(H,8,9). The Kier molecular flexibility index (Phi) is 1.77. The predicted octanol–water partition coefficient (Wildman–Crippen LogP) is 1.17. The van der Waals surface area contributed by atoms with E-state index in [-0.39, 0.29) is 4.88 Å². The fourth-order valence-corrected chi connectivity index (χ4v) is 1.04. The maximum atomic E-state index is 10.3. The number of hydrogen-bond acceptors (Lipinski definition) is 4. The van der Waals surface area contributed by atoms with Crippen LogP contribution in [-0.4, -0.2) is 22.2 Å². The second-order valence-electron chi connectivity index (χ2n) is 1.50. The van der Waals surface area contributed by atoms with Gasteiger partial charge in [0.05, 0.1) is 6.20 Å². The van der Waals surface area contributed by atoms with Gasteiger partial charge in [-0.3, -0.25) is 4.99 Å². The van der Waals surface area contributed by atoms with Crippen LogP contribution in [0.2, 0.25) is 0 Å². The van der Waals surface area contributed by atoms with E-state index in [1.807, 2.05) is 0 Å². The van der Waals surface area contributed by atoms with Crippen molar-refractivity contribution in [3.8, 4) is 0 Å². The zero-order valence-electron chi connectivity index (χ0n) is 4.94. The Bertz CT molecular complexity index is 268. The summed E-state index contributed by atoms with van der Waals surface area (Å²) < 4.78 is 3.64. The van der Waals surface area contributed by atoms with Crippen molar-refractivity contribution < 1.29 is 9.90 Å². The van der Waals surface area contributed by atoms with Crippen molar-refractivity contribution in [3.63, 3.8) is 0 Å². The fraction of sp³-hybridized carbons (Fsp3) is 0. The molecule has 0 amide bonds. The van der Waals surface area contributed by atoms with Crippen LogP contribution in [0.1, 0.15) is 9.67 Å². The van der Waals surface area contributed by atoms with Gasteiger partial charge in [-0.25, -0.2) is 4.79 Å². The first kappa shape index (κ1) is 6.88. The molecular weight excluding hydrogens is 152 g/mol. The van der Waals surface area contributed by atoms with Crippen LogP contribution in [0.15, 0.2) is 11.2 Å². The van der Waals surface area contributed by atoms with Gasteiger partial charge in [0.1, 0.15) is 5.69 Å². The van der Waals surface area contributed by atoms with Gasteiger partial charge >= 0.3 is 5.97 Å². The Balaban J connectivity index is 3.13. The number of rotatable bonds is 2. The zero-order chi connectivity index (χ0) is 7.56. The Morgan fingerprint density at radius 3 is 3.00 bits per heavy atom. The maximum Gasteiger partial charge on any atom is 0.349 e. The minimum atomic E-state index is -1.01. The van der Waals surface area contributed by atoms with E-state index < -0.39 is 5.97 Å². The van der Waals surface area contributed by atoms with Crippen LogP contribution in [0.5, 0.6) is 0 Å². The third-order valence-corrected chi connectivity index (χ3v) is 1.69. The molecular formula is C5H4N2O2S. The van der Waals surface area contributed by atoms with E-state index in [1.165, 1.54) is 6.20 Å². The normalized spacial score (nSPS) is 9.20. The molecule has 0 aromatic carbocycles. The molecule has 10 heavy (non-hydrogen) atoms. The molecule has 0 aliphatic rings. The fourth-order valence-electron chi connectivity index (χ4n) is 0.496. The van der Waals surface area contributed by atoms with Gasteiger partial charge in [-0.05, 0) is 18.3 Å². The van der Waals surface area contributed by atoms with E-state index in [9.17, 15) is 4.79 Å². The van der Waals surface area contributed by atoms with Crippen LogP contribution in [0.4, 0.5) is 5.69 Å². The van der Waals surface area contributed by atoms with Crippen LogP contribution < -0.4 is 0 Å². The topological polar surface area (TPSA) is 62.5 Å². The molecule has 5 heteroatoms. The summed E-state index contributed by atoms with van der Waals surface area (Å²) in [5.41, 5.74) is 0.331. The number of aromatic carboxylic acids is 1. The second-order valence-corrected chi connectivity index (χ2v) is 2.31. The van der Waals surface area contributed by atoms with Gasteiger partial charge in [-0.15, -0.1) is 0 Å². The highest BCUT2D eigenvalue weighted by molar-refractivity contribution is 7.08. The Labute approximate surface area is 61.0 Å². The highest BCUT2D eigenvalue weighted by Crippen LogP contribution is 2.21. The van der Waals surface area contributed by atoms with Gasteiger partial charge in [0, 0.05) is 0 Å². The van der Waals surface area contributed by atoms with E-state index in [0.29, 0.717) is 5.69 Å². The van der Waals surface area contributed by atoms with Crippen molar-refractivity contribution >= 4 is 29.9 Å². The number of nitrogens with zero attached hydrogens (tertiary/aromatic N) is 2. The second kappa shape index (κ2) is 2.57. The molecule has 1 aromatic rings. The van der Waals surface area contributed by atoms with Crippen molar-refractivity contribution in [2.24, 2.45) is 4.99 Å². The van der Waals surface area contributed by atoms with Crippen molar-refractivity contribution in [2.75, 3.05) is 0 Å². The zero-order valence-corrected chi connectivity index (χ0v) is 5.76. The van der Waals surface area contributed by atoms with Gasteiger partial charge in [0.15, 0.2) is 4.88 Å². The summed E-state index contributed by atoms with van der Waals surface area (Å²) >= 11 is 0.899. The lowest BCUT2D eigenvalue weighted by Crippen LogP contribution is -1.90. The molecule has 0 unspecified atom stereocenters. The number of aliphatic imine (C=N–C) groups is 1. The maximum absolute atomic E-state index is 10.3. The Hall–Kier alpha value is -1.23. The van der Waals surface area contributed by atoms with Crippen LogP contribution in [0.3, 0.4) is 0 Å². The lowest BCUT2D eigenvalue weighted by molar-refractivity contribution is 0.0703. The first-order valence-corrected chi connectivity index (χ1v) is 3.17. The average Bonchev–Trinajstić information content (AvgIpc) is 2.33. The van der Waals surface area contributed by atoms with Crippen molar-refractivity contribution in [3.05, 3.63) is 11.1 Å². The quantitative estimate of drug-likeness (QED) is 0.654. The number of carboxylic acids is 1. The average molecular weight is 156 g/mol. The Morgan fingerprint density at radius 2 is 2.60 bits per heavy atom. The molecule has 1 aromatic heterocycles. The van der Waals surface area contributed by atoms with Crippen molar-refractivity contribution in [1.29, 1.82) is 0 Å². The van der Waals surface area contributed by atoms with Gasteiger partial charge in [-0.1, -0.05) is 0 Å². The molecule has 1 rings (SSSR count). The largest absolute Gasteiger partial charge is 0.477 e. The number of carboxylic acid groups (broad SMARTS) is 1. The monoisotopic (exact) mass is 156 g/mol. The van der Waals surface area contributed by atoms with Crippen LogP contribution in [0.25, 0.3) is 0 Å². The number of carbonyl (C=O) groups is 1. The molecule has 1 heterocycles. The molecule has 0 aliphatic carbocycles. The minimum Gasteiger partial charge on any atom is -0.477 e. The molecule has 0 bridgehead atoms. The summed E-state index contributed by atoms with van der Waals surface area (Å²) in [4.78, 5) is 13.9.